The molecule has 1 aromatic rings. The number of aryl methyl sites for hydroxylation is 1. The molecule has 1 aliphatic heterocycles. The average molecular weight is 236 g/mol. The third-order valence-electron chi connectivity index (χ3n) is 3.99. The highest BCUT2D eigenvalue weighted by molar-refractivity contribution is 5.58. The summed E-state index contributed by atoms with van der Waals surface area (Å²) in [4.78, 5) is 12.8. The molecule has 2 bridgehead atoms. The van der Waals surface area contributed by atoms with Crippen LogP contribution in [0.25, 0.3) is 0 Å². The Bertz CT molecular complexity index is 444. The molecule has 0 N–H and O–H groups in total. The van der Waals surface area contributed by atoms with Crippen LogP contribution in [0.1, 0.15) is 19.3 Å². The minimum absolute atomic E-state index is 0.133. The number of fused-ring (bicyclic) bond motifs is 2. The summed E-state index contributed by atoms with van der Waals surface area (Å²) in [6, 6.07) is 0. The molecule has 6 heteroatoms. The van der Waals surface area contributed by atoms with Crippen molar-refractivity contribution in [1.29, 1.82) is 0 Å². The molecule has 2 atom stereocenters. The smallest absolute Gasteiger partial charge is 0.331 e. The van der Waals surface area contributed by atoms with Crippen molar-refractivity contribution in [3.63, 3.8) is 0 Å². The normalized spacial score (nSPS) is 27.5. The summed E-state index contributed by atoms with van der Waals surface area (Å²) in [6.07, 6.45) is 5.19. The topological polar surface area (TPSA) is 64.2 Å². The van der Waals surface area contributed by atoms with E-state index in [1.807, 2.05) is 0 Å². The molecule has 2 fully saturated rings. The van der Waals surface area contributed by atoms with E-state index in [1.165, 1.54) is 25.5 Å². The van der Waals surface area contributed by atoms with Gasteiger partial charge in [-0.05, 0) is 31.1 Å². The standard InChI is InChI=1S/C11H16N4O2/c1-13-11(10(5-12-13)15(16)17)14-6-8-2-3-9(4-8)7-14/h5,8-9H,2-4,6-7H2,1H3/t8-,9-/m0/s1. The first kappa shape index (κ1) is 10.6. The van der Waals surface area contributed by atoms with E-state index in [-0.39, 0.29) is 10.6 Å². The van der Waals surface area contributed by atoms with Crippen LogP contribution in [-0.4, -0.2) is 27.8 Å². The van der Waals surface area contributed by atoms with Crippen LogP contribution in [0.3, 0.4) is 0 Å². The van der Waals surface area contributed by atoms with Gasteiger partial charge in [-0.1, -0.05) is 0 Å². The predicted molar refractivity (Wildman–Crippen MR) is 62.9 cm³/mol. The molecule has 3 rings (SSSR count). The third kappa shape index (κ3) is 1.67. The summed E-state index contributed by atoms with van der Waals surface area (Å²) in [5, 5.41) is 15.0. The number of hydrogen-bond acceptors (Lipinski definition) is 4. The third-order valence-corrected chi connectivity index (χ3v) is 3.99. The second kappa shape index (κ2) is 3.72. The Morgan fingerprint density at radius 2 is 2.06 bits per heavy atom. The maximum absolute atomic E-state index is 11.0. The van der Waals surface area contributed by atoms with Crippen LogP contribution in [0.2, 0.25) is 0 Å². The fourth-order valence-corrected chi connectivity index (χ4v) is 3.30. The summed E-state index contributed by atoms with van der Waals surface area (Å²) in [7, 11) is 1.78. The number of anilines is 1. The van der Waals surface area contributed by atoms with Crippen molar-refractivity contribution in [2.45, 2.75) is 19.3 Å². The maximum Gasteiger partial charge on any atom is 0.331 e. The quantitative estimate of drug-likeness (QED) is 0.577. The minimum atomic E-state index is -0.334. The molecule has 0 aromatic carbocycles. The first-order chi connectivity index (χ1) is 8.15. The lowest BCUT2D eigenvalue weighted by Crippen LogP contribution is -2.37. The molecule has 0 spiro atoms. The number of piperidine rings is 1. The molecule has 2 aliphatic rings. The molecule has 0 unspecified atom stereocenters. The van der Waals surface area contributed by atoms with E-state index in [4.69, 9.17) is 0 Å². The molecule has 0 radical (unpaired) electrons. The van der Waals surface area contributed by atoms with Crippen molar-refractivity contribution in [3.05, 3.63) is 16.3 Å². The second-order valence-electron chi connectivity index (χ2n) is 5.18. The van der Waals surface area contributed by atoms with Gasteiger partial charge in [-0.3, -0.25) is 10.1 Å². The van der Waals surface area contributed by atoms with E-state index < -0.39 is 0 Å². The van der Waals surface area contributed by atoms with E-state index >= 15 is 0 Å². The van der Waals surface area contributed by atoms with E-state index in [2.05, 4.69) is 10.00 Å². The Morgan fingerprint density at radius 1 is 1.41 bits per heavy atom. The van der Waals surface area contributed by atoms with Gasteiger partial charge in [0.1, 0.15) is 6.20 Å². The van der Waals surface area contributed by atoms with E-state index in [1.54, 1.807) is 11.7 Å². The molecular weight excluding hydrogens is 220 g/mol. The van der Waals surface area contributed by atoms with Crippen LogP contribution in [0.4, 0.5) is 11.5 Å². The van der Waals surface area contributed by atoms with Gasteiger partial charge in [0.2, 0.25) is 5.82 Å². The number of nitrogens with zero attached hydrogens (tertiary/aromatic N) is 4. The van der Waals surface area contributed by atoms with E-state index in [9.17, 15) is 10.1 Å². The molecule has 1 aliphatic carbocycles. The zero-order valence-electron chi connectivity index (χ0n) is 9.87. The van der Waals surface area contributed by atoms with Crippen molar-refractivity contribution < 1.29 is 4.92 Å². The summed E-state index contributed by atoms with van der Waals surface area (Å²) in [6.45, 7) is 1.88. The Labute approximate surface area is 99.4 Å². The molecular formula is C11H16N4O2. The molecule has 1 aromatic heterocycles. The highest BCUT2D eigenvalue weighted by Crippen LogP contribution is 2.40. The highest BCUT2D eigenvalue weighted by atomic mass is 16.6. The molecule has 92 valence electrons. The summed E-state index contributed by atoms with van der Waals surface area (Å²) < 4.78 is 1.63. The Kier molecular flexibility index (Phi) is 2.31. The van der Waals surface area contributed by atoms with Crippen LogP contribution in [0.5, 0.6) is 0 Å². The lowest BCUT2D eigenvalue weighted by molar-refractivity contribution is -0.384. The van der Waals surface area contributed by atoms with Gasteiger partial charge < -0.3 is 4.90 Å². The van der Waals surface area contributed by atoms with Gasteiger partial charge >= 0.3 is 5.69 Å². The molecule has 2 heterocycles. The summed E-state index contributed by atoms with van der Waals surface area (Å²) in [5.74, 6) is 2.10. The number of nitro groups is 1. The molecule has 0 amide bonds. The Balaban J connectivity index is 1.93. The first-order valence-corrected chi connectivity index (χ1v) is 6.06. The molecule has 17 heavy (non-hydrogen) atoms. The van der Waals surface area contributed by atoms with Gasteiger partial charge in [0.15, 0.2) is 0 Å². The highest BCUT2D eigenvalue weighted by Gasteiger charge is 2.36. The van der Waals surface area contributed by atoms with Crippen molar-refractivity contribution >= 4 is 11.5 Å². The van der Waals surface area contributed by atoms with Crippen molar-refractivity contribution in [3.8, 4) is 0 Å². The van der Waals surface area contributed by atoms with Crippen LogP contribution >= 0.6 is 0 Å². The van der Waals surface area contributed by atoms with E-state index in [0.29, 0.717) is 17.7 Å². The van der Waals surface area contributed by atoms with Gasteiger partial charge in [-0.15, -0.1) is 0 Å². The van der Waals surface area contributed by atoms with Gasteiger partial charge in [-0.2, -0.15) is 5.10 Å². The Hall–Kier alpha value is -1.59. The van der Waals surface area contributed by atoms with Crippen molar-refractivity contribution in [1.82, 2.24) is 9.78 Å². The average Bonchev–Trinajstić information content (AvgIpc) is 2.82. The van der Waals surface area contributed by atoms with E-state index in [0.717, 1.165) is 13.1 Å². The van der Waals surface area contributed by atoms with Crippen molar-refractivity contribution in [2.75, 3.05) is 18.0 Å². The van der Waals surface area contributed by atoms with Gasteiger partial charge in [-0.25, -0.2) is 4.68 Å². The SMILES string of the molecule is Cn1ncc([N+](=O)[O-])c1N1C[C@H]2CC[C@@H](C2)C1. The Morgan fingerprint density at radius 3 is 2.65 bits per heavy atom. The zero-order chi connectivity index (χ0) is 12.0. The zero-order valence-corrected chi connectivity index (χ0v) is 9.87. The summed E-state index contributed by atoms with van der Waals surface area (Å²) >= 11 is 0. The lowest BCUT2D eigenvalue weighted by atomic mass is 9.99. The van der Waals surface area contributed by atoms with Gasteiger partial charge in [0.05, 0.1) is 4.92 Å². The number of hydrogen-bond donors (Lipinski definition) is 0. The van der Waals surface area contributed by atoms with Crippen LogP contribution < -0.4 is 4.90 Å². The van der Waals surface area contributed by atoms with Gasteiger partial charge in [0.25, 0.3) is 0 Å². The number of rotatable bonds is 2. The second-order valence-corrected chi connectivity index (χ2v) is 5.18. The van der Waals surface area contributed by atoms with Crippen LogP contribution in [0.15, 0.2) is 6.20 Å². The van der Waals surface area contributed by atoms with Crippen LogP contribution in [-0.2, 0) is 7.05 Å². The molecule has 1 saturated carbocycles. The molecule has 1 saturated heterocycles. The monoisotopic (exact) mass is 236 g/mol. The maximum atomic E-state index is 11.0. The fraction of sp³-hybridized carbons (Fsp3) is 0.727. The minimum Gasteiger partial charge on any atom is -0.351 e. The van der Waals surface area contributed by atoms with Gasteiger partial charge in [0, 0.05) is 20.1 Å². The lowest BCUT2D eigenvalue weighted by Gasteiger charge is -2.32. The first-order valence-electron chi connectivity index (χ1n) is 6.06. The largest absolute Gasteiger partial charge is 0.351 e. The molecule has 6 nitrogen and oxygen atoms in total. The van der Waals surface area contributed by atoms with Crippen LogP contribution in [0, 0.1) is 22.0 Å². The number of aromatic nitrogens is 2. The predicted octanol–water partition coefficient (Wildman–Crippen LogP) is 1.56. The fourth-order valence-electron chi connectivity index (χ4n) is 3.30. The van der Waals surface area contributed by atoms with Crippen molar-refractivity contribution in [2.24, 2.45) is 18.9 Å². The summed E-state index contributed by atoms with van der Waals surface area (Å²) in [5.41, 5.74) is 0.133.